The van der Waals surface area contributed by atoms with Gasteiger partial charge in [-0.1, -0.05) is 17.4 Å². The summed E-state index contributed by atoms with van der Waals surface area (Å²) in [5, 5.41) is 7.55. The van der Waals surface area contributed by atoms with Crippen LogP contribution in [0.15, 0.2) is 31.5 Å². The van der Waals surface area contributed by atoms with Crippen molar-refractivity contribution in [1.29, 1.82) is 0 Å². The molecule has 1 aromatic heterocycles. The van der Waals surface area contributed by atoms with E-state index in [1.807, 2.05) is 6.92 Å². The molecule has 1 amide bonds. The largest absolute Gasteiger partial charge is 0.334 e. The molecule has 0 bridgehead atoms. The Labute approximate surface area is 95.1 Å². The molecule has 5 nitrogen and oxygen atoms in total. The Bertz CT molecular complexity index is 373. The Hall–Kier alpha value is -1.91. The summed E-state index contributed by atoms with van der Waals surface area (Å²) in [5.74, 6) is -0.0200. The van der Waals surface area contributed by atoms with Crippen LogP contribution in [0.4, 0.5) is 0 Å². The summed E-state index contributed by atoms with van der Waals surface area (Å²) in [6, 6.07) is 0. The SMILES string of the molecule is C=CCN(CC=C)C(=O)Cn1nncc1C. The maximum atomic E-state index is 11.9. The van der Waals surface area contributed by atoms with Gasteiger partial charge in [0.25, 0.3) is 0 Å². The molecule has 0 spiro atoms. The van der Waals surface area contributed by atoms with Crippen molar-refractivity contribution >= 4 is 5.91 Å². The van der Waals surface area contributed by atoms with Crippen LogP contribution in [0.3, 0.4) is 0 Å². The molecule has 0 saturated carbocycles. The summed E-state index contributed by atoms with van der Waals surface area (Å²) in [7, 11) is 0. The molecule has 0 aliphatic rings. The van der Waals surface area contributed by atoms with Crippen LogP contribution in [0.5, 0.6) is 0 Å². The van der Waals surface area contributed by atoms with Gasteiger partial charge in [0, 0.05) is 13.1 Å². The van der Waals surface area contributed by atoms with E-state index in [1.54, 1.807) is 27.9 Å². The number of aromatic nitrogens is 3. The van der Waals surface area contributed by atoms with Gasteiger partial charge in [0.05, 0.1) is 11.9 Å². The monoisotopic (exact) mass is 220 g/mol. The number of carbonyl (C=O) groups is 1. The Morgan fingerprint density at radius 3 is 2.56 bits per heavy atom. The van der Waals surface area contributed by atoms with E-state index in [4.69, 9.17) is 0 Å². The van der Waals surface area contributed by atoms with Crippen molar-refractivity contribution in [3.05, 3.63) is 37.2 Å². The molecule has 0 saturated heterocycles. The van der Waals surface area contributed by atoms with Gasteiger partial charge in [-0.05, 0) is 6.92 Å². The predicted octanol–water partition coefficient (Wildman–Crippen LogP) is 0.787. The minimum atomic E-state index is -0.0200. The number of carbonyl (C=O) groups excluding carboxylic acids is 1. The molecule has 0 atom stereocenters. The van der Waals surface area contributed by atoms with Gasteiger partial charge < -0.3 is 4.90 Å². The van der Waals surface area contributed by atoms with Gasteiger partial charge >= 0.3 is 0 Å². The molecule has 16 heavy (non-hydrogen) atoms. The molecule has 0 unspecified atom stereocenters. The first-order valence-corrected chi connectivity index (χ1v) is 5.03. The third kappa shape index (κ3) is 3.05. The second-order valence-corrected chi connectivity index (χ2v) is 3.41. The van der Waals surface area contributed by atoms with Crippen molar-refractivity contribution in [2.75, 3.05) is 13.1 Å². The standard InChI is InChI=1S/C11H16N4O/c1-4-6-14(7-5-2)11(16)9-15-10(3)8-12-13-15/h4-5,8H,1-2,6-7,9H2,3H3. The van der Waals surface area contributed by atoms with Crippen molar-refractivity contribution in [1.82, 2.24) is 19.9 Å². The van der Waals surface area contributed by atoms with Crippen molar-refractivity contribution in [3.8, 4) is 0 Å². The fourth-order valence-corrected chi connectivity index (χ4v) is 1.28. The van der Waals surface area contributed by atoms with Crippen LogP contribution in [0.25, 0.3) is 0 Å². The summed E-state index contributed by atoms with van der Waals surface area (Å²) in [6.45, 7) is 10.3. The van der Waals surface area contributed by atoms with E-state index in [9.17, 15) is 4.79 Å². The van der Waals surface area contributed by atoms with Crippen molar-refractivity contribution in [2.24, 2.45) is 0 Å². The fraction of sp³-hybridized carbons (Fsp3) is 0.364. The van der Waals surface area contributed by atoms with Gasteiger partial charge in [-0.15, -0.1) is 18.3 Å². The van der Waals surface area contributed by atoms with E-state index >= 15 is 0 Å². The zero-order chi connectivity index (χ0) is 12.0. The van der Waals surface area contributed by atoms with Crippen molar-refractivity contribution in [3.63, 3.8) is 0 Å². The van der Waals surface area contributed by atoms with E-state index in [0.717, 1.165) is 5.69 Å². The molecule has 0 N–H and O–H groups in total. The predicted molar refractivity (Wildman–Crippen MR) is 61.7 cm³/mol. The Morgan fingerprint density at radius 2 is 2.12 bits per heavy atom. The maximum Gasteiger partial charge on any atom is 0.244 e. The molecule has 0 radical (unpaired) electrons. The average Bonchev–Trinajstić information content (AvgIpc) is 2.64. The van der Waals surface area contributed by atoms with Crippen LogP contribution in [-0.4, -0.2) is 38.9 Å². The van der Waals surface area contributed by atoms with Crippen LogP contribution in [0.1, 0.15) is 5.69 Å². The highest BCUT2D eigenvalue weighted by Gasteiger charge is 2.12. The number of hydrogen-bond donors (Lipinski definition) is 0. The van der Waals surface area contributed by atoms with Crippen LogP contribution >= 0.6 is 0 Å². The minimum absolute atomic E-state index is 0.0200. The summed E-state index contributed by atoms with van der Waals surface area (Å²) in [6.07, 6.45) is 5.00. The normalized spacial score (nSPS) is 9.81. The lowest BCUT2D eigenvalue weighted by atomic mass is 10.4. The minimum Gasteiger partial charge on any atom is -0.334 e. The Balaban J connectivity index is 2.65. The van der Waals surface area contributed by atoms with Crippen LogP contribution in [0, 0.1) is 6.92 Å². The van der Waals surface area contributed by atoms with E-state index in [2.05, 4.69) is 23.5 Å². The Morgan fingerprint density at radius 1 is 1.50 bits per heavy atom. The summed E-state index contributed by atoms with van der Waals surface area (Å²) in [5.41, 5.74) is 0.866. The zero-order valence-corrected chi connectivity index (χ0v) is 9.46. The molecule has 0 fully saturated rings. The average molecular weight is 220 g/mol. The van der Waals surface area contributed by atoms with Gasteiger partial charge in [-0.25, -0.2) is 4.68 Å². The first-order valence-electron chi connectivity index (χ1n) is 5.03. The second kappa shape index (κ2) is 5.85. The summed E-state index contributed by atoms with van der Waals surface area (Å²) < 4.78 is 1.57. The highest BCUT2D eigenvalue weighted by Crippen LogP contribution is 1.97. The quantitative estimate of drug-likeness (QED) is 0.666. The first-order chi connectivity index (χ1) is 7.69. The van der Waals surface area contributed by atoms with Gasteiger partial charge in [-0.3, -0.25) is 4.79 Å². The molecule has 0 aromatic carbocycles. The molecule has 0 aliphatic heterocycles. The topological polar surface area (TPSA) is 51.0 Å². The van der Waals surface area contributed by atoms with Crippen molar-refractivity contribution < 1.29 is 4.79 Å². The van der Waals surface area contributed by atoms with E-state index in [1.165, 1.54) is 0 Å². The summed E-state index contributed by atoms with van der Waals surface area (Å²) in [4.78, 5) is 13.5. The van der Waals surface area contributed by atoms with E-state index in [-0.39, 0.29) is 12.5 Å². The Kier molecular flexibility index (Phi) is 4.44. The van der Waals surface area contributed by atoms with Crippen LogP contribution in [-0.2, 0) is 11.3 Å². The molecule has 0 aliphatic carbocycles. The lowest BCUT2D eigenvalue weighted by Gasteiger charge is -2.19. The molecule has 86 valence electrons. The highest BCUT2D eigenvalue weighted by atomic mass is 16.2. The molecule has 1 aromatic rings. The highest BCUT2D eigenvalue weighted by molar-refractivity contribution is 5.76. The number of hydrogen-bond acceptors (Lipinski definition) is 3. The number of nitrogens with zero attached hydrogens (tertiary/aromatic N) is 4. The maximum absolute atomic E-state index is 11.9. The smallest absolute Gasteiger partial charge is 0.244 e. The van der Waals surface area contributed by atoms with Crippen LogP contribution in [0.2, 0.25) is 0 Å². The third-order valence-electron chi connectivity index (χ3n) is 2.15. The number of rotatable bonds is 6. The second-order valence-electron chi connectivity index (χ2n) is 3.41. The first kappa shape index (κ1) is 12.2. The van der Waals surface area contributed by atoms with Crippen LogP contribution < -0.4 is 0 Å². The molecule has 1 heterocycles. The van der Waals surface area contributed by atoms with Gasteiger partial charge in [0.2, 0.25) is 5.91 Å². The lowest BCUT2D eigenvalue weighted by molar-refractivity contribution is -0.131. The number of amides is 1. The van der Waals surface area contributed by atoms with Gasteiger partial charge in [-0.2, -0.15) is 0 Å². The van der Waals surface area contributed by atoms with Crippen molar-refractivity contribution in [2.45, 2.75) is 13.5 Å². The van der Waals surface area contributed by atoms with Gasteiger partial charge in [0.15, 0.2) is 0 Å². The molecular weight excluding hydrogens is 204 g/mol. The molecule has 5 heteroatoms. The number of aryl methyl sites for hydroxylation is 1. The molecular formula is C11H16N4O. The molecule has 1 rings (SSSR count). The van der Waals surface area contributed by atoms with Gasteiger partial charge in [0.1, 0.15) is 6.54 Å². The fourth-order valence-electron chi connectivity index (χ4n) is 1.28. The zero-order valence-electron chi connectivity index (χ0n) is 9.46. The van der Waals surface area contributed by atoms with E-state index < -0.39 is 0 Å². The van der Waals surface area contributed by atoms with E-state index in [0.29, 0.717) is 13.1 Å². The lowest BCUT2D eigenvalue weighted by Crippen LogP contribution is -2.34. The third-order valence-corrected chi connectivity index (χ3v) is 2.15. The summed E-state index contributed by atoms with van der Waals surface area (Å²) >= 11 is 0.